The Kier molecular flexibility index (Phi) is 5.70. The molecule has 7 heteroatoms. The molecular formula is C25H22N5O2+. The van der Waals surface area contributed by atoms with Gasteiger partial charge in [0.25, 0.3) is 0 Å². The number of aromatic amines is 2. The van der Waals surface area contributed by atoms with Crippen LogP contribution in [0.2, 0.25) is 0 Å². The molecule has 0 saturated carbocycles. The van der Waals surface area contributed by atoms with E-state index in [9.17, 15) is 0 Å². The van der Waals surface area contributed by atoms with Crippen molar-refractivity contribution in [3.05, 3.63) is 108 Å². The van der Waals surface area contributed by atoms with Gasteiger partial charge in [-0.1, -0.05) is 59.8 Å². The lowest BCUT2D eigenvalue weighted by Gasteiger charge is -2.11. The van der Waals surface area contributed by atoms with Gasteiger partial charge in [-0.15, -0.1) is 0 Å². The standard InChI is InChI=1S/C25H21N5O2/c1-2-8-20(19(7-1)14-25-27-29-30-28-25)16-31-22-9-5-10-23(15-22)32-17-21-13-12-18-6-3-4-11-24(18)26-21/h1-13,15H,14,16-17H2,(H,27,28,29,30)/p+1. The lowest BCUT2D eigenvalue weighted by molar-refractivity contribution is -0.465. The van der Waals surface area contributed by atoms with E-state index in [4.69, 9.17) is 9.47 Å². The molecule has 7 nitrogen and oxygen atoms in total. The number of tetrazole rings is 1. The van der Waals surface area contributed by atoms with Gasteiger partial charge in [-0.3, -0.25) is 0 Å². The van der Waals surface area contributed by atoms with Crippen LogP contribution in [-0.4, -0.2) is 20.5 Å². The van der Waals surface area contributed by atoms with E-state index in [0.717, 1.165) is 45.0 Å². The second-order valence-corrected chi connectivity index (χ2v) is 7.38. The minimum absolute atomic E-state index is 0.394. The molecule has 2 aromatic heterocycles. The van der Waals surface area contributed by atoms with Gasteiger partial charge in [0.1, 0.15) is 29.8 Å². The predicted molar refractivity (Wildman–Crippen MR) is 119 cm³/mol. The molecule has 0 bridgehead atoms. The quantitative estimate of drug-likeness (QED) is 0.408. The van der Waals surface area contributed by atoms with Crippen LogP contribution in [0.4, 0.5) is 0 Å². The Bertz CT molecular complexity index is 1320. The highest BCUT2D eigenvalue weighted by Crippen LogP contribution is 2.22. The van der Waals surface area contributed by atoms with E-state index in [-0.39, 0.29) is 0 Å². The van der Waals surface area contributed by atoms with Crippen LogP contribution in [0.25, 0.3) is 10.9 Å². The summed E-state index contributed by atoms with van der Waals surface area (Å²) < 4.78 is 12.0. The largest absolute Gasteiger partial charge is 0.489 e. The van der Waals surface area contributed by atoms with Crippen molar-refractivity contribution in [3.8, 4) is 11.5 Å². The molecule has 5 aromatic rings. The molecule has 0 saturated heterocycles. The first-order chi connectivity index (χ1) is 15.8. The molecule has 158 valence electrons. The summed E-state index contributed by atoms with van der Waals surface area (Å²) in [6, 6.07) is 27.9. The van der Waals surface area contributed by atoms with E-state index in [0.29, 0.717) is 19.6 Å². The number of fused-ring (bicyclic) bond motifs is 1. The van der Waals surface area contributed by atoms with Crippen LogP contribution < -0.4 is 14.6 Å². The number of aromatic nitrogens is 5. The molecule has 0 fully saturated rings. The van der Waals surface area contributed by atoms with Crippen molar-refractivity contribution in [1.82, 2.24) is 20.5 Å². The van der Waals surface area contributed by atoms with Crippen LogP contribution >= 0.6 is 0 Å². The zero-order valence-corrected chi connectivity index (χ0v) is 17.4. The van der Waals surface area contributed by atoms with Gasteiger partial charge in [-0.2, -0.15) is 5.10 Å². The number of hydrogen-bond acceptors (Lipinski definition) is 5. The molecule has 5 rings (SSSR count). The summed E-state index contributed by atoms with van der Waals surface area (Å²) in [6.07, 6.45) is 0.651. The van der Waals surface area contributed by atoms with Crippen molar-refractivity contribution in [3.63, 3.8) is 0 Å². The third kappa shape index (κ3) is 4.73. The lowest BCUT2D eigenvalue weighted by Crippen LogP contribution is -2.11. The minimum atomic E-state index is 0.394. The number of nitrogens with one attached hydrogen (secondary N) is 2. The van der Waals surface area contributed by atoms with Crippen LogP contribution in [0.5, 0.6) is 11.5 Å². The SMILES string of the molecule is c1cc(OCc2ccc3ccccc3n2)cc(OCc2ccccc2Cc2nn[nH][nH+]2)c1. The Morgan fingerprint density at radius 3 is 2.38 bits per heavy atom. The molecule has 0 aliphatic carbocycles. The fourth-order valence-electron chi connectivity index (χ4n) is 3.49. The normalized spacial score (nSPS) is 10.9. The molecule has 0 amide bonds. The summed E-state index contributed by atoms with van der Waals surface area (Å²) in [5.41, 5.74) is 4.07. The number of para-hydroxylation sites is 1. The maximum absolute atomic E-state index is 6.05. The summed E-state index contributed by atoms with van der Waals surface area (Å²) in [6.45, 7) is 0.842. The highest BCUT2D eigenvalue weighted by atomic mass is 16.5. The third-order valence-electron chi connectivity index (χ3n) is 5.14. The van der Waals surface area contributed by atoms with Crippen molar-refractivity contribution in [2.75, 3.05) is 0 Å². The number of H-pyrrole nitrogens is 2. The molecule has 3 aromatic carbocycles. The smallest absolute Gasteiger partial charge is 0.302 e. The van der Waals surface area contributed by atoms with Crippen LogP contribution in [0, 0.1) is 0 Å². The second kappa shape index (κ2) is 9.26. The van der Waals surface area contributed by atoms with Gasteiger partial charge >= 0.3 is 5.82 Å². The molecule has 0 spiro atoms. The number of nitrogens with zero attached hydrogens (tertiary/aromatic N) is 3. The Balaban J connectivity index is 1.23. The highest BCUT2D eigenvalue weighted by molar-refractivity contribution is 5.78. The molecule has 0 aliphatic rings. The highest BCUT2D eigenvalue weighted by Gasteiger charge is 2.11. The Morgan fingerprint density at radius 1 is 0.750 bits per heavy atom. The molecule has 32 heavy (non-hydrogen) atoms. The summed E-state index contributed by atoms with van der Waals surface area (Å²) in [5.74, 6) is 2.26. The Morgan fingerprint density at radius 2 is 1.53 bits per heavy atom. The van der Waals surface area contributed by atoms with Gasteiger partial charge in [0, 0.05) is 11.5 Å². The van der Waals surface area contributed by atoms with E-state index in [1.807, 2.05) is 60.7 Å². The summed E-state index contributed by atoms with van der Waals surface area (Å²) in [4.78, 5) is 4.66. The lowest BCUT2D eigenvalue weighted by atomic mass is 10.1. The zero-order valence-electron chi connectivity index (χ0n) is 17.4. The van der Waals surface area contributed by atoms with E-state index in [1.165, 1.54) is 0 Å². The zero-order chi connectivity index (χ0) is 21.6. The Labute approximate surface area is 185 Å². The first-order valence-electron chi connectivity index (χ1n) is 10.4. The van der Waals surface area contributed by atoms with Crippen LogP contribution in [0.15, 0.2) is 84.9 Å². The number of hydrogen-bond donors (Lipinski definition) is 1. The maximum Gasteiger partial charge on any atom is 0.302 e. The second-order valence-electron chi connectivity index (χ2n) is 7.38. The van der Waals surface area contributed by atoms with Crippen LogP contribution in [0.3, 0.4) is 0 Å². The fourth-order valence-corrected chi connectivity index (χ4v) is 3.49. The number of ether oxygens (including phenoxy) is 2. The summed E-state index contributed by atoms with van der Waals surface area (Å²) in [5, 5.41) is 14.4. The number of rotatable bonds is 8. The van der Waals surface area contributed by atoms with Gasteiger partial charge in [-0.25, -0.2) is 4.98 Å². The number of benzene rings is 3. The molecule has 0 radical (unpaired) electrons. The molecule has 0 aliphatic heterocycles. The van der Waals surface area contributed by atoms with Gasteiger partial charge in [0.2, 0.25) is 0 Å². The first kappa shape index (κ1) is 19.7. The topological polar surface area (TPSA) is 87.1 Å². The predicted octanol–water partition coefficient (Wildman–Crippen LogP) is 3.92. The maximum atomic E-state index is 6.05. The van der Waals surface area contributed by atoms with Crippen molar-refractivity contribution < 1.29 is 14.6 Å². The fraction of sp³-hybridized carbons (Fsp3) is 0.120. The van der Waals surface area contributed by atoms with E-state index in [1.54, 1.807) is 0 Å². The monoisotopic (exact) mass is 424 g/mol. The average molecular weight is 424 g/mol. The van der Waals surface area contributed by atoms with E-state index in [2.05, 4.69) is 49.9 Å². The van der Waals surface area contributed by atoms with Gasteiger partial charge < -0.3 is 9.47 Å². The van der Waals surface area contributed by atoms with Crippen molar-refractivity contribution >= 4 is 10.9 Å². The van der Waals surface area contributed by atoms with E-state index >= 15 is 0 Å². The Hall–Kier alpha value is -4.26. The minimum Gasteiger partial charge on any atom is -0.489 e. The first-order valence-corrected chi connectivity index (χ1v) is 10.4. The molecular weight excluding hydrogens is 402 g/mol. The summed E-state index contributed by atoms with van der Waals surface area (Å²) >= 11 is 0. The van der Waals surface area contributed by atoms with Gasteiger partial charge in [-0.05, 0) is 35.4 Å². The molecule has 2 N–H and O–H groups in total. The third-order valence-corrected chi connectivity index (χ3v) is 5.14. The van der Waals surface area contributed by atoms with Crippen molar-refractivity contribution in [2.24, 2.45) is 0 Å². The number of pyridine rings is 1. The van der Waals surface area contributed by atoms with Crippen LogP contribution in [-0.2, 0) is 19.6 Å². The van der Waals surface area contributed by atoms with Gasteiger partial charge in [0.15, 0.2) is 5.21 Å². The van der Waals surface area contributed by atoms with E-state index < -0.39 is 0 Å². The molecule has 0 atom stereocenters. The van der Waals surface area contributed by atoms with Crippen molar-refractivity contribution in [1.29, 1.82) is 0 Å². The molecule has 0 unspecified atom stereocenters. The van der Waals surface area contributed by atoms with Crippen LogP contribution in [0.1, 0.15) is 22.6 Å². The summed E-state index contributed by atoms with van der Waals surface area (Å²) in [7, 11) is 0. The average Bonchev–Trinajstić information content (AvgIpc) is 3.35. The van der Waals surface area contributed by atoms with Gasteiger partial charge in [0.05, 0.1) is 17.6 Å². The van der Waals surface area contributed by atoms with Crippen molar-refractivity contribution in [2.45, 2.75) is 19.6 Å². The molecule has 2 heterocycles.